The van der Waals surface area contributed by atoms with E-state index in [1.807, 2.05) is 6.92 Å². The Morgan fingerprint density at radius 3 is 2.42 bits per heavy atom. The molecule has 0 saturated carbocycles. The molecule has 0 atom stereocenters. The first kappa shape index (κ1) is 18.8. The van der Waals surface area contributed by atoms with Gasteiger partial charge in [0.1, 0.15) is 4.90 Å². The molecule has 1 aromatic heterocycles. The maximum absolute atomic E-state index is 12.6. The molecule has 0 saturated heterocycles. The predicted molar refractivity (Wildman–Crippen MR) is 102 cm³/mol. The zero-order valence-corrected chi connectivity index (χ0v) is 16.2. The molecule has 2 aromatic carbocycles. The number of aryl methyl sites for hydroxylation is 1. The van der Waals surface area contributed by atoms with E-state index >= 15 is 0 Å². The standard InChI is InChI=1S/C18H16Cl2N2O3S/c1-2-6-13-11-18(25-26(23,24)15-7-4-3-5-8-15)22(21-13)14-9-10-16(19)17(20)12-14/h3-5,7-12H,2,6H2,1H3. The van der Waals surface area contributed by atoms with E-state index in [2.05, 4.69) is 5.10 Å². The largest absolute Gasteiger partial charge is 0.358 e. The molecule has 3 rings (SSSR count). The molecule has 0 fully saturated rings. The molecule has 0 radical (unpaired) electrons. The fourth-order valence-electron chi connectivity index (χ4n) is 2.40. The highest BCUT2D eigenvalue weighted by atomic mass is 35.5. The first-order chi connectivity index (χ1) is 12.4. The van der Waals surface area contributed by atoms with Crippen LogP contribution in [0.1, 0.15) is 19.0 Å². The van der Waals surface area contributed by atoms with Crippen LogP contribution in [-0.2, 0) is 16.5 Å². The Labute approximate surface area is 162 Å². The highest BCUT2D eigenvalue weighted by Gasteiger charge is 2.21. The molecule has 0 aliphatic heterocycles. The molecule has 5 nitrogen and oxygen atoms in total. The van der Waals surface area contributed by atoms with Gasteiger partial charge in [0.05, 0.1) is 21.4 Å². The van der Waals surface area contributed by atoms with Gasteiger partial charge in [-0.1, -0.05) is 54.7 Å². The Kier molecular flexibility index (Phi) is 5.55. The first-order valence-corrected chi connectivity index (χ1v) is 10.1. The normalized spacial score (nSPS) is 11.5. The Bertz CT molecular complexity index is 1020. The van der Waals surface area contributed by atoms with Crippen LogP contribution in [0.15, 0.2) is 59.5 Å². The highest BCUT2D eigenvalue weighted by Crippen LogP contribution is 2.28. The molecule has 26 heavy (non-hydrogen) atoms. The van der Waals surface area contributed by atoms with E-state index < -0.39 is 10.1 Å². The van der Waals surface area contributed by atoms with Gasteiger partial charge in [-0.25, -0.2) is 0 Å². The lowest BCUT2D eigenvalue weighted by Crippen LogP contribution is -2.12. The van der Waals surface area contributed by atoms with Gasteiger partial charge in [-0.05, 0) is 36.8 Å². The van der Waals surface area contributed by atoms with Crippen molar-refractivity contribution in [1.82, 2.24) is 9.78 Å². The lowest BCUT2D eigenvalue weighted by atomic mass is 10.3. The maximum atomic E-state index is 12.6. The number of halogens is 2. The van der Waals surface area contributed by atoms with Gasteiger partial charge in [-0.15, -0.1) is 0 Å². The van der Waals surface area contributed by atoms with E-state index in [1.165, 1.54) is 16.8 Å². The molecule has 0 aliphatic carbocycles. The third kappa shape index (κ3) is 4.03. The second-order valence-corrected chi connectivity index (χ2v) is 7.95. The number of benzene rings is 2. The van der Waals surface area contributed by atoms with Crippen LogP contribution >= 0.6 is 23.2 Å². The van der Waals surface area contributed by atoms with Crippen molar-refractivity contribution in [3.05, 3.63) is 70.3 Å². The van der Waals surface area contributed by atoms with Crippen LogP contribution in [0, 0.1) is 0 Å². The molecule has 136 valence electrons. The lowest BCUT2D eigenvalue weighted by molar-refractivity contribution is 0.465. The summed E-state index contributed by atoms with van der Waals surface area (Å²) >= 11 is 12.0. The topological polar surface area (TPSA) is 61.2 Å². The average Bonchev–Trinajstić information content (AvgIpc) is 3.00. The van der Waals surface area contributed by atoms with Crippen molar-refractivity contribution < 1.29 is 12.6 Å². The summed E-state index contributed by atoms with van der Waals surface area (Å²) in [6, 6.07) is 14.5. The summed E-state index contributed by atoms with van der Waals surface area (Å²) in [6.45, 7) is 2.01. The third-order valence-electron chi connectivity index (χ3n) is 3.61. The summed E-state index contributed by atoms with van der Waals surface area (Å²) in [5, 5.41) is 5.18. The molecule has 0 aliphatic rings. The number of rotatable bonds is 6. The smallest absolute Gasteiger partial charge is 0.340 e. The van der Waals surface area contributed by atoms with Crippen molar-refractivity contribution >= 4 is 33.3 Å². The number of aromatic nitrogens is 2. The van der Waals surface area contributed by atoms with Crippen molar-refractivity contribution in [2.24, 2.45) is 0 Å². The minimum Gasteiger partial charge on any atom is -0.358 e. The minimum atomic E-state index is -3.98. The van der Waals surface area contributed by atoms with Crippen LogP contribution in [0.5, 0.6) is 5.88 Å². The van der Waals surface area contributed by atoms with Crippen LogP contribution in [0.4, 0.5) is 0 Å². The zero-order valence-electron chi connectivity index (χ0n) is 13.9. The molecule has 0 unspecified atom stereocenters. The number of hydrogen-bond acceptors (Lipinski definition) is 4. The van der Waals surface area contributed by atoms with Crippen molar-refractivity contribution in [1.29, 1.82) is 0 Å². The van der Waals surface area contributed by atoms with Crippen molar-refractivity contribution in [3.63, 3.8) is 0 Å². The van der Waals surface area contributed by atoms with Crippen LogP contribution in [-0.4, -0.2) is 18.2 Å². The fraction of sp³-hybridized carbons (Fsp3) is 0.167. The second-order valence-electron chi connectivity index (χ2n) is 5.58. The Balaban J connectivity index is 2.04. The van der Waals surface area contributed by atoms with Gasteiger partial charge in [0.2, 0.25) is 5.88 Å². The maximum Gasteiger partial charge on any atom is 0.340 e. The van der Waals surface area contributed by atoms with Gasteiger partial charge < -0.3 is 4.18 Å². The van der Waals surface area contributed by atoms with E-state index in [-0.39, 0.29) is 10.8 Å². The fourth-order valence-corrected chi connectivity index (χ4v) is 3.62. The van der Waals surface area contributed by atoms with Crippen LogP contribution in [0.2, 0.25) is 10.0 Å². The lowest BCUT2D eigenvalue weighted by Gasteiger charge is -2.10. The van der Waals surface area contributed by atoms with Gasteiger partial charge >= 0.3 is 10.1 Å². The van der Waals surface area contributed by atoms with Gasteiger partial charge in [0.25, 0.3) is 0 Å². The van der Waals surface area contributed by atoms with Gasteiger partial charge in [0.15, 0.2) is 0 Å². The molecule has 0 amide bonds. The molecule has 0 spiro atoms. The van der Waals surface area contributed by atoms with Gasteiger partial charge in [-0.2, -0.15) is 18.2 Å². The van der Waals surface area contributed by atoms with E-state index in [9.17, 15) is 8.42 Å². The molecule has 8 heteroatoms. The summed E-state index contributed by atoms with van der Waals surface area (Å²) in [5.74, 6) is 0.0932. The SMILES string of the molecule is CCCc1cc(OS(=O)(=O)c2ccccc2)n(-c2ccc(Cl)c(Cl)c2)n1. The Hall–Kier alpha value is -2.02. The monoisotopic (exact) mass is 410 g/mol. The zero-order chi connectivity index (χ0) is 18.7. The van der Waals surface area contributed by atoms with Crippen molar-refractivity contribution in [2.75, 3.05) is 0 Å². The summed E-state index contributed by atoms with van der Waals surface area (Å²) in [6.07, 6.45) is 1.55. The van der Waals surface area contributed by atoms with E-state index in [0.717, 1.165) is 12.1 Å². The van der Waals surface area contributed by atoms with Crippen LogP contribution < -0.4 is 4.18 Å². The van der Waals surface area contributed by atoms with Crippen LogP contribution in [0.3, 0.4) is 0 Å². The molecule has 3 aromatic rings. The van der Waals surface area contributed by atoms with E-state index in [4.69, 9.17) is 27.4 Å². The first-order valence-electron chi connectivity index (χ1n) is 7.94. The van der Waals surface area contributed by atoms with Gasteiger partial charge in [0, 0.05) is 6.07 Å². The third-order valence-corrected chi connectivity index (χ3v) is 5.59. The van der Waals surface area contributed by atoms with E-state index in [0.29, 0.717) is 22.2 Å². The number of nitrogens with zero attached hydrogens (tertiary/aromatic N) is 2. The number of hydrogen-bond donors (Lipinski definition) is 0. The van der Waals surface area contributed by atoms with Crippen molar-refractivity contribution in [3.8, 4) is 11.6 Å². The highest BCUT2D eigenvalue weighted by molar-refractivity contribution is 7.87. The molecular formula is C18H16Cl2N2O3S. The molecule has 0 bridgehead atoms. The summed E-state index contributed by atoms with van der Waals surface area (Å²) in [4.78, 5) is 0.0685. The summed E-state index contributed by atoms with van der Waals surface area (Å²) in [5.41, 5.74) is 1.27. The second kappa shape index (κ2) is 7.70. The minimum absolute atomic E-state index is 0.0685. The summed E-state index contributed by atoms with van der Waals surface area (Å²) < 4.78 is 31.9. The van der Waals surface area contributed by atoms with Crippen molar-refractivity contribution in [2.45, 2.75) is 24.7 Å². The molecule has 1 heterocycles. The quantitative estimate of drug-likeness (QED) is 0.542. The Morgan fingerprint density at radius 1 is 1.04 bits per heavy atom. The average molecular weight is 411 g/mol. The van der Waals surface area contributed by atoms with Gasteiger partial charge in [-0.3, -0.25) is 0 Å². The molecule has 0 N–H and O–H groups in total. The Morgan fingerprint density at radius 2 is 1.77 bits per heavy atom. The van der Waals surface area contributed by atoms with Crippen LogP contribution in [0.25, 0.3) is 5.69 Å². The van der Waals surface area contributed by atoms with E-state index in [1.54, 1.807) is 42.5 Å². The summed E-state index contributed by atoms with van der Waals surface area (Å²) in [7, 11) is -3.98. The predicted octanol–water partition coefficient (Wildman–Crippen LogP) is 4.90. The molecular weight excluding hydrogens is 395 g/mol.